The van der Waals surface area contributed by atoms with E-state index in [4.69, 9.17) is 5.11 Å². The van der Waals surface area contributed by atoms with Gasteiger partial charge in [0.15, 0.2) is 0 Å². The van der Waals surface area contributed by atoms with E-state index in [0.29, 0.717) is 12.8 Å². The molecule has 0 amide bonds. The van der Waals surface area contributed by atoms with E-state index in [1.807, 2.05) is 6.92 Å². The minimum Gasteiger partial charge on any atom is -0.481 e. The van der Waals surface area contributed by atoms with Gasteiger partial charge in [-0.2, -0.15) is 0 Å². The maximum atomic E-state index is 11.2. The van der Waals surface area contributed by atoms with E-state index in [2.05, 4.69) is 4.74 Å². The second-order valence-electron chi connectivity index (χ2n) is 3.80. The second kappa shape index (κ2) is 4.44. The maximum Gasteiger partial charge on any atom is 0.308 e. The fourth-order valence-corrected chi connectivity index (χ4v) is 2.24. The number of rotatable bonds is 3. The number of aliphatic carboxylic acids is 1. The minimum atomic E-state index is -0.789. The third-order valence-corrected chi connectivity index (χ3v) is 3.07. The van der Waals surface area contributed by atoms with Gasteiger partial charge in [0, 0.05) is 0 Å². The minimum absolute atomic E-state index is 0.122. The quantitative estimate of drug-likeness (QED) is 0.697. The molecule has 80 valence electrons. The highest BCUT2D eigenvalue weighted by Crippen LogP contribution is 2.38. The Kier molecular flexibility index (Phi) is 3.49. The van der Waals surface area contributed by atoms with Crippen molar-refractivity contribution in [3.63, 3.8) is 0 Å². The zero-order valence-corrected chi connectivity index (χ0v) is 8.53. The van der Waals surface area contributed by atoms with Crippen molar-refractivity contribution in [3.8, 4) is 0 Å². The molecule has 0 bridgehead atoms. The molecule has 0 saturated heterocycles. The molecule has 14 heavy (non-hydrogen) atoms. The van der Waals surface area contributed by atoms with Crippen LogP contribution in [0, 0.1) is 17.8 Å². The number of carbonyl (C=O) groups is 2. The molecule has 0 aromatic rings. The zero-order valence-electron chi connectivity index (χ0n) is 8.53. The van der Waals surface area contributed by atoms with Crippen molar-refractivity contribution < 1.29 is 19.4 Å². The molecule has 0 aromatic carbocycles. The summed E-state index contributed by atoms with van der Waals surface area (Å²) in [4.78, 5) is 22.1. The standard InChI is InChI=1S/C10H16O4/c1-3-6-4-7(10(13)14-2)5-8(6)9(11)12/h6-8H,3-5H2,1-2H3,(H,11,12). The molecule has 4 heteroatoms. The summed E-state index contributed by atoms with van der Waals surface area (Å²) in [6.07, 6.45) is 1.89. The molecule has 1 aliphatic carbocycles. The van der Waals surface area contributed by atoms with Crippen LogP contribution in [0.4, 0.5) is 0 Å². The molecular formula is C10H16O4. The zero-order chi connectivity index (χ0) is 10.7. The van der Waals surface area contributed by atoms with Gasteiger partial charge in [-0.1, -0.05) is 13.3 Å². The number of ether oxygens (including phenoxy) is 1. The summed E-state index contributed by atoms with van der Waals surface area (Å²) < 4.78 is 4.62. The highest BCUT2D eigenvalue weighted by Gasteiger charge is 2.41. The number of carbonyl (C=O) groups excluding carboxylic acids is 1. The van der Waals surface area contributed by atoms with Crippen LogP contribution in [0.2, 0.25) is 0 Å². The van der Waals surface area contributed by atoms with Crippen molar-refractivity contribution in [3.05, 3.63) is 0 Å². The van der Waals surface area contributed by atoms with E-state index < -0.39 is 5.97 Å². The third kappa shape index (κ3) is 2.05. The van der Waals surface area contributed by atoms with Crippen LogP contribution in [0.1, 0.15) is 26.2 Å². The number of methoxy groups -OCH3 is 1. The van der Waals surface area contributed by atoms with Crippen molar-refractivity contribution in [1.29, 1.82) is 0 Å². The van der Waals surface area contributed by atoms with E-state index in [-0.39, 0.29) is 23.7 Å². The van der Waals surface area contributed by atoms with Crippen LogP contribution in [0.15, 0.2) is 0 Å². The Morgan fingerprint density at radius 1 is 1.43 bits per heavy atom. The van der Waals surface area contributed by atoms with Crippen molar-refractivity contribution in [2.75, 3.05) is 7.11 Å². The number of esters is 1. The summed E-state index contributed by atoms with van der Waals surface area (Å²) >= 11 is 0. The molecule has 1 N–H and O–H groups in total. The summed E-state index contributed by atoms with van der Waals surface area (Å²) in [6.45, 7) is 1.96. The van der Waals surface area contributed by atoms with E-state index >= 15 is 0 Å². The Labute approximate surface area is 83.2 Å². The molecule has 0 aromatic heterocycles. The Morgan fingerprint density at radius 2 is 2.07 bits per heavy atom. The molecule has 4 nitrogen and oxygen atoms in total. The van der Waals surface area contributed by atoms with Gasteiger partial charge < -0.3 is 9.84 Å². The van der Waals surface area contributed by atoms with Crippen LogP contribution >= 0.6 is 0 Å². The second-order valence-corrected chi connectivity index (χ2v) is 3.80. The van der Waals surface area contributed by atoms with Gasteiger partial charge in [0.1, 0.15) is 0 Å². The van der Waals surface area contributed by atoms with Gasteiger partial charge in [0.2, 0.25) is 0 Å². The smallest absolute Gasteiger partial charge is 0.308 e. The molecule has 1 aliphatic rings. The number of carboxylic acids is 1. The Balaban J connectivity index is 2.65. The molecule has 1 saturated carbocycles. The summed E-state index contributed by atoms with van der Waals surface area (Å²) in [7, 11) is 1.34. The first-order chi connectivity index (χ1) is 6.60. The third-order valence-electron chi connectivity index (χ3n) is 3.07. The average Bonchev–Trinajstić information content (AvgIpc) is 2.60. The topological polar surface area (TPSA) is 63.6 Å². The maximum absolute atomic E-state index is 11.2. The first kappa shape index (κ1) is 11.0. The van der Waals surface area contributed by atoms with E-state index in [1.165, 1.54) is 7.11 Å². The van der Waals surface area contributed by atoms with Crippen molar-refractivity contribution >= 4 is 11.9 Å². The normalized spacial score (nSPS) is 31.4. The molecule has 1 rings (SSSR count). The summed E-state index contributed by atoms with van der Waals surface area (Å²) in [5.41, 5.74) is 0. The molecule has 0 aliphatic heterocycles. The summed E-state index contributed by atoms with van der Waals surface area (Å²) in [5.74, 6) is -1.53. The van der Waals surface area contributed by atoms with Crippen LogP contribution in [0.3, 0.4) is 0 Å². The highest BCUT2D eigenvalue weighted by molar-refractivity contribution is 5.76. The van der Waals surface area contributed by atoms with Gasteiger partial charge in [-0.25, -0.2) is 0 Å². The Morgan fingerprint density at radius 3 is 2.43 bits per heavy atom. The molecule has 0 heterocycles. The lowest BCUT2D eigenvalue weighted by molar-refractivity contribution is -0.145. The van der Waals surface area contributed by atoms with Gasteiger partial charge in [0.05, 0.1) is 18.9 Å². The lowest BCUT2D eigenvalue weighted by Gasteiger charge is -2.11. The average molecular weight is 200 g/mol. The van der Waals surface area contributed by atoms with Crippen LogP contribution in [-0.2, 0) is 14.3 Å². The summed E-state index contributed by atoms with van der Waals surface area (Å²) in [6, 6.07) is 0. The predicted octanol–water partition coefficient (Wildman–Crippen LogP) is 1.30. The molecule has 1 fully saturated rings. The van der Waals surface area contributed by atoms with Crippen LogP contribution in [-0.4, -0.2) is 24.2 Å². The van der Waals surface area contributed by atoms with Gasteiger partial charge in [-0.05, 0) is 18.8 Å². The fraction of sp³-hybridized carbons (Fsp3) is 0.800. The van der Waals surface area contributed by atoms with Gasteiger partial charge in [0.25, 0.3) is 0 Å². The van der Waals surface area contributed by atoms with E-state index in [1.54, 1.807) is 0 Å². The van der Waals surface area contributed by atoms with E-state index in [9.17, 15) is 9.59 Å². The van der Waals surface area contributed by atoms with Crippen molar-refractivity contribution in [2.45, 2.75) is 26.2 Å². The van der Waals surface area contributed by atoms with Crippen LogP contribution < -0.4 is 0 Å². The van der Waals surface area contributed by atoms with Gasteiger partial charge in [-0.15, -0.1) is 0 Å². The predicted molar refractivity (Wildman–Crippen MR) is 49.6 cm³/mol. The monoisotopic (exact) mass is 200 g/mol. The van der Waals surface area contributed by atoms with Crippen LogP contribution in [0.5, 0.6) is 0 Å². The van der Waals surface area contributed by atoms with Crippen molar-refractivity contribution in [1.82, 2.24) is 0 Å². The molecule has 0 spiro atoms. The molecule has 0 radical (unpaired) electrons. The van der Waals surface area contributed by atoms with Gasteiger partial charge >= 0.3 is 11.9 Å². The molecule has 3 atom stereocenters. The first-order valence-corrected chi connectivity index (χ1v) is 4.90. The van der Waals surface area contributed by atoms with Gasteiger partial charge in [-0.3, -0.25) is 9.59 Å². The highest BCUT2D eigenvalue weighted by atomic mass is 16.5. The van der Waals surface area contributed by atoms with Crippen molar-refractivity contribution in [2.24, 2.45) is 17.8 Å². The Hall–Kier alpha value is -1.06. The number of carboxylic acid groups (broad SMARTS) is 1. The number of hydrogen-bond donors (Lipinski definition) is 1. The number of hydrogen-bond acceptors (Lipinski definition) is 3. The SMILES string of the molecule is CCC1CC(C(=O)OC)CC1C(=O)O. The van der Waals surface area contributed by atoms with Crippen LogP contribution in [0.25, 0.3) is 0 Å². The first-order valence-electron chi connectivity index (χ1n) is 4.90. The lowest BCUT2D eigenvalue weighted by atomic mass is 9.94. The molecule has 3 unspecified atom stereocenters. The fourth-order valence-electron chi connectivity index (χ4n) is 2.24. The largest absolute Gasteiger partial charge is 0.481 e. The Bertz CT molecular complexity index is 236. The molecular weight excluding hydrogens is 184 g/mol. The lowest BCUT2D eigenvalue weighted by Crippen LogP contribution is -2.18. The van der Waals surface area contributed by atoms with E-state index in [0.717, 1.165) is 6.42 Å². The summed E-state index contributed by atoms with van der Waals surface area (Å²) in [5, 5.41) is 8.93.